The predicted octanol–water partition coefficient (Wildman–Crippen LogP) is 2.45. The van der Waals surface area contributed by atoms with Gasteiger partial charge in [-0.05, 0) is 29.8 Å². The highest BCUT2D eigenvalue weighted by Crippen LogP contribution is 2.07. The summed E-state index contributed by atoms with van der Waals surface area (Å²) in [5.74, 6) is 0.626. The van der Waals surface area contributed by atoms with Crippen LogP contribution in [0, 0.1) is 0 Å². The molecule has 0 aliphatic carbocycles. The Labute approximate surface area is 122 Å². The third kappa shape index (κ3) is 3.39. The summed E-state index contributed by atoms with van der Waals surface area (Å²) in [7, 11) is 0. The van der Waals surface area contributed by atoms with E-state index in [-0.39, 0.29) is 5.91 Å². The van der Waals surface area contributed by atoms with E-state index in [4.69, 9.17) is 4.42 Å². The molecule has 0 aliphatic rings. The van der Waals surface area contributed by atoms with Crippen LogP contribution in [0.5, 0.6) is 0 Å². The minimum absolute atomic E-state index is 0.111. The Morgan fingerprint density at radius 3 is 2.76 bits per heavy atom. The molecule has 3 aromatic rings. The Morgan fingerprint density at radius 2 is 2.10 bits per heavy atom. The van der Waals surface area contributed by atoms with Crippen LogP contribution in [-0.4, -0.2) is 15.5 Å². The van der Waals surface area contributed by atoms with Crippen molar-refractivity contribution in [1.82, 2.24) is 14.9 Å². The van der Waals surface area contributed by atoms with Gasteiger partial charge in [0.1, 0.15) is 5.76 Å². The highest BCUT2D eigenvalue weighted by molar-refractivity contribution is 5.94. The van der Waals surface area contributed by atoms with E-state index >= 15 is 0 Å². The minimum Gasteiger partial charge on any atom is -0.467 e. The molecule has 2 heterocycles. The van der Waals surface area contributed by atoms with Crippen LogP contribution in [0.25, 0.3) is 0 Å². The number of rotatable bonds is 5. The Kier molecular flexibility index (Phi) is 3.82. The van der Waals surface area contributed by atoms with Gasteiger partial charge in [-0.25, -0.2) is 4.98 Å². The first-order valence-electron chi connectivity index (χ1n) is 6.66. The zero-order chi connectivity index (χ0) is 14.5. The maximum Gasteiger partial charge on any atom is 0.251 e. The summed E-state index contributed by atoms with van der Waals surface area (Å²) < 4.78 is 7.15. The fraction of sp³-hybridized carbons (Fsp3) is 0.125. The van der Waals surface area contributed by atoms with Crippen LogP contribution in [0.1, 0.15) is 21.7 Å². The third-order valence-corrected chi connectivity index (χ3v) is 3.14. The van der Waals surface area contributed by atoms with Gasteiger partial charge in [-0.15, -0.1) is 0 Å². The normalized spacial score (nSPS) is 10.5. The fourth-order valence-corrected chi connectivity index (χ4v) is 2.04. The predicted molar refractivity (Wildman–Crippen MR) is 77.6 cm³/mol. The smallest absolute Gasteiger partial charge is 0.251 e. The number of carbonyl (C=O) groups excluding carboxylic acids is 1. The first-order valence-corrected chi connectivity index (χ1v) is 6.66. The minimum atomic E-state index is -0.111. The monoisotopic (exact) mass is 281 g/mol. The van der Waals surface area contributed by atoms with E-state index < -0.39 is 0 Å². The van der Waals surface area contributed by atoms with Crippen LogP contribution in [0.3, 0.4) is 0 Å². The average Bonchev–Trinajstić information content (AvgIpc) is 3.19. The van der Waals surface area contributed by atoms with Crippen molar-refractivity contribution in [3.8, 4) is 0 Å². The van der Waals surface area contributed by atoms with E-state index in [1.165, 1.54) is 0 Å². The molecule has 0 saturated heterocycles. The van der Waals surface area contributed by atoms with Gasteiger partial charge in [0.25, 0.3) is 5.91 Å². The average molecular weight is 281 g/mol. The number of aromatic nitrogens is 2. The summed E-state index contributed by atoms with van der Waals surface area (Å²) in [6, 6.07) is 11.2. The standard InChI is InChI=1S/C16H15N3O2/c20-16(18-10-15-2-1-9-21-15)14-5-3-13(4-6-14)11-19-8-7-17-12-19/h1-9,12H,10-11H2,(H,18,20). The molecule has 0 saturated carbocycles. The Morgan fingerprint density at radius 1 is 1.24 bits per heavy atom. The number of amides is 1. The van der Waals surface area contributed by atoms with Crippen LogP contribution in [0.4, 0.5) is 0 Å². The number of hydrogen-bond donors (Lipinski definition) is 1. The molecule has 0 spiro atoms. The number of carbonyl (C=O) groups is 1. The van der Waals surface area contributed by atoms with Crippen molar-refractivity contribution < 1.29 is 9.21 Å². The van der Waals surface area contributed by atoms with Gasteiger partial charge in [-0.3, -0.25) is 4.79 Å². The van der Waals surface area contributed by atoms with Gasteiger partial charge >= 0.3 is 0 Å². The number of nitrogens with zero attached hydrogens (tertiary/aromatic N) is 2. The van der Waals surface area contributed by atoms with Crippen molar-refractivity contribution in [3.63, 3.8) is 0 Å². The molecule has 0 radical (unpaired) electrons. The van der Waals surface area contributed by atoms with Gasteiger partial charge in [0.15, 0.2) is 0 Å². The van der Waals surface area contributed by atoms with Crippen molar-refractivity contribution in [3.05, 3.63) is 78.3 Å². The van der Waals surface area contributed by atoms with Crippen LogP contribution in [0.15, 0.2) is 65.8 Å². The quantitative estimate of drug-likeness (QED) is 0.781. The highest BCUT2D eigenvalue weighted by Gasteiger charge is 2.06. The molecule has 0 bridgehead atoms. The number of furan rings is 1. The highest BCUT2D eigenvalue weighted by atomic mass is 16.3. The van der Waals surface area contributed by atoms with Gasteiger partial charge in [0.2, 0.25) is 0 Å². The summed E-state index contributed by atoms with van der Waals surface area (Å²) >= 11 is 0. The van der Waals surface area contributed by atoms with Crippen molar-refractivity contribution in [2.75, 3.05) is 0 Å². The lowest BCUT2D eigenvalue weighted by molar-refractivity contribution is 0.0948. The molecule has 0 aliphatic heterocycles. The first-order chi connectivity index (χ1) is 10.3. The lowest BCUT2D eigenvalue weighted by Crippen LogP contribution is -2.22. The topological polar surface area (TPSA) is 60.1 Å². The molecule has 1 N–H and O–H groups in total. The van der Waals surface area contributed by atoms with Gasteiger partial charge in [-0.1, -0.05) is 12.1 Å². The summed E-state index contributed by atoms with van der Waals surface area (Å²) in [4.78, 5) is 16.0. The summed E-state index contributed by atoms with van der Waals surface area (Å²) in [5.41, 5.74) is 1.76. The van der Waals surface area contributed by atoms with Gasteiger partial charge < -0.3 is 14.3 Å². The Bertz CT molecular complexity index is 686. The van der Waals surface area contributed by atoms with Crippen LogP contribution in [-0.2, 0) is 13.1 Å². The molecule has 5 heteroatoms. The molecule has 5 nitrogen and oxygen atoms in total. The second-order valence-corrected chi connectivity index (χ2v) is 4.69. The summed E-state index contributed by atoms with van der Waals surface area (Å²) in [6.07, 6.45) is 7.01. The van der Waals surface area contributed by atoms with E-state index in [1.54, 1.807) is 24.9 Å². The fourth-order valence-electron chi connectivity index (χ4n) is 2.04. The van der Waals surface area contributed by atoms with Crippen LogP contribution < -0.4 is 5.32 Å². The zero-order valence-corrected chi connectivity index (χ0v) is 11.4. The van der Waals surface area contributed by atoms with Crippen LogP contribution >= 0.6 is 0 Å². The molecule has 1 amide bonds. The van der Waals surface area contributed by atoms with Crippen LogP contribution in [0.2, 0.25) is 0 Å². The van der Waals surface area contributed by atoms with Gasteiger partial charge in [0.05, 0.1) is 19.1 Å². The van der Waals surface area contributed by atoms with E-state index in [2.05, 4.69) is 10.3 Å². The van der Waals surface area contributed by atoms with Gasteiger partial charge in [0, 0.05) is 24.5 Å². The molecule has 3 rings (SSSR count). The van der Waals surface area contributed by atoms with Crippen molar-refractivity contribution in [2.45, 2.75) is 13.1 Å². The maximum absolute atomic E-state index is 12.0. The number of nitrogens with one attached hydrogen (secondary N) is 1. The molecule has 1 aromatic carbocycles. The SMILES string of the molecule is O=C(NCc1ccco1)c1ccc(Cn2ccnc2)cc1. The third-order valence-electron chi connectivity index (χ3n) is 3.14. The molecule has 0 atom stereocenters. The molecule has 106 valence electrons. The lowest BCUT2D eigenvalue weighted by Gasteiger charge is -2.06. The van der Waals surface area contributed by atoms with E-state index in [9.17, 15) is 4.79 Å². The van der Waals surface area contributed by atoms with E-state index in [1.807, 2.05) is 41.1 Å². The zero-order valence-electron chi connectivity index (χ0n) is 11.4. The number of benzene rings is 1. The number of hydrogen-bond acceptors (Lipinski definition) is 3. The Hall–Kier alpha value is -2.82. The number of imidazole rings is 1. The Balaban J connectivity index is 1.59. The summed E-state index contributed by atoms with van der Waals surface area (Å²) in [5, 5.41) is 2.82. The van der Waals surface area contributed by atoms with Crippen molar-refractivity contribution in [1.29, 1.82) is 0 Å². The lowest BCUT2D eigenvalue weighted by atomic mass is 10.1. The molecule has 2 aromatic heterocycles. The summed E-state index contributed by atoms with van der Waals surface area (Å²) in [6.45, 7) is 1.14. The van der Waals surface area contributed by atoms with Crippen molar-refractivity contribution >= 4 is 5.91 Å². The largest absolute Gasteiger partial charge is 0.467 e. The first kappa shape index (κ1) is 13.2. The maximum atomic E-state index is 12.0. The molecule has 21 heavy (non-hydrogen) atoms. The molecular weight excluding hydrogens is 266 g/mol. The van der Waals surface area contributed by atoms with E-state index in [0.717, 1.165) is 17.9 Å². The van der Waals surface area contributed by atoms with Crippen molar-refractivity contribution in [2.24, 2.45) is 0 Å². The second kappa shape index (κ2) is 6.09. The molecule has 0 unspecified atom stereocenters. The molecule has 0 fully saturated rings. The van der Waals surface area contributed by atoms with E-state index in [0.29, 0.717) is 12.1 Å². The molecular formula is C16H15N3O2. The second-order valence-electron chi connectivity index (χ2n) is 4.69. The van der Waals surface area contributed by atoms with Gasteiger partial charge in [-0.2, -0.15) is 0 Å².